The van der Waals surface area contributed by atoms with Crippen LogP contribution in [0.3, 0.4) is 0 Å². The van der Waals surface area contributed by atoms with Gasteiger partial charge in [0.2, 0.25) is 0 Å². The summed E-state index contributed by atoms with van der Waals surface area (Å²) in [6.07, 6.45) is 0. The van der Waals surface area contributed by atoms with Gasteiger partial charge < -0.3 is 4.65 Å². The standard InChI is InChI=1S/C12H11BO/c1-3-7-11(8-4-1)13-14-12-9-5-2-6-10-12/h1-10,13H. The highest BCUT2D eigenvalue weighted by atomic mass is 16.4. The van der Waals surface area contributed by atoms with Gasteiger partial charge >= 0.3 is 7.48 Å². The Morgan fingerprint density at radius 3 is 1.93 bits per heavy atom. The van der Waals surface area contributed by atoms with Crippen molar-refractivity contribution in [2.45, 2.75) is 0 Å². The fourth-order valence-electron chi connectivity index (χ4n) is 1.26. The van der Waals surface area contributed by atoms with Crippen molar-refractivity contribution in [1.29, 1.82) is 0 Å². The Bertz CT molecular complexity index is 333. The summed E-state index contributed by atoms with van der Waals surface area (Å²) < 4.78 is 5.59. The molecular formula is C12H11BO. The summed E-state index contributed by atoms with van der Waals surface area (Å²) in [5.74, 6) is 0.913. The zero-order valence-electron chi connectivity index (χ0n) is 7.89. The number of benzene rings is 2. The molecule has 2 aromatic rings. The lowest BCUT2D eigenvalue weighted by molar-refractivity contribution is 0.605. The Balaban J connectivity index is 1.96. The molecule has 0 radical (unpaired) electrons. The van der Waals surface area contributed by atoms with E-state index in [1.165, 1.54) is 5.46 Å². The molecule has 14 heavy (non-hydrogen) atoms. The highest BCUT2D eigenvalue weighted by Gasteiger charge is 1.96. The van der Waals surface area contributed by atoms with Crippen LogP contribution in [0, 0.1) is 0 Å². The van der Waals surface area contributed by atoms with E-state index in [0.717, 1.165) is 5.75 Å². The molecule has 68 valence electrons. The molecule has 0 amide bonds. The average molecular weight is 182 g/mol. The van der Waals surface area contributed by atoms with Gasteiger partial charge in [-0.1, -0.05) is 48.5 Å². The van der Waals surface area contributed by atoms with E-state index in [-0.39, 0.29) is 0 Å². The zero-order chi connectivity index (χ0) is 9.64. The maximum absolute atomic E-state index is 5.59. The second kappa shape index (κ2) is 4.52. The van der Waals surface area contributed by atoms with Crippen LogP contribution in [0.2, 0.25) is 0 Å². The lowest BCUT2D eigenvalue weighted by Crippen LogP contribution is -2.19. The van der Waals surface area contributed by atoms with Gasteiger partial charge in [-0.3, -0.25) is 0 Å². The third kappa shape index (κ3) is 2.39. The van der Waals surface area contributed by atoms with Gasteiger partial charge in [0.05, 0.1) is 5.75 Å². The quantitative estimate of drug-likeness (QED) is 0.657. The van der Waals surface area contributed by atoms with Gasteiger partial charge in [0.25, 0.3) is 0 Å². The second-order valence-corrected chi connectivity index (χ2v) is 3.09. The van der Waals surface area contributed by atoms with Gasteiger partial charge in [0, 0.05) is 0 Å². The topological polar surface area (TPSA) is 9.23 Å². The fourth-order valence-corrected chi connectivity index (χ4v) is 1.26. The molecule has 0 spiro atoms. The molecule has 0 aliphatic rings. The Morgan fingerprint density at radius 2 is 1.29 bits per heavy atom. The molecule has 0 unspecified atom stereocenters. The van der Waals surface area contributed by atoms with Crippen LogP contribution in [0.5, 0.6) is 5.75 Å². The molecule has 2 aromatic carbocycles. The van der Waals surface area contributed by atoms with E-state index in [4.69, 9.17) is 4.65 Å². The van der Waals surface area contributed by atoms with Crippen molar-refractivity contribution in [2.24, 2.45) is 0 Å². The van der Waals surface area contributed by atoms with Crippen LogP contribution in [0.15, 0.2) is 60.7 Å². The molecular weight excluding hydrogens is 171 g/mol. The number of hydrogen-bond donors (Lipinski definition) is 0. The average Bonchev–Trinajstić information content (AvgIpc) is 2.29. The summed E-state index contributed by atoms with van der Waals surface area (Å²) in [5, 5.41) is 0. The molecule has 0 saturated heterocycles. The van der Waals surface area contributed by atoms with Crippen molar-refractivity contribution in [3.63, 3.8) is 0 Å². The lowest BCUT2D eigenvalue weighted by atomic mass is 9.88. The third-order valence-corrected chi connectivity index (χ3v) is 1.99. The summed E-state index contributed by atoms with van der Waals surface area (Å²) >= 11 is 0. The van der Waals surface area contributed by atoms with E-state index >= 15 is 0 Å². The number of hydrogen-bond acceptors (Lipinski definition) is 1. The molecule has 0 heterocycles. The van der Waals surface area contributed by atoms with Crippen LogP contribution in [0.1, 0.15) is 0 Å². The third-order valence-electron chi connectivity index (χ3n) is 1.99. The molecule has 0 N–H and O–H groups in total. The molecule has 0 aliphatic carbocycles. The van der Waals surface area contributed by atoms with Gasteiger partial charge in [0.1, 0.15) is 0 Å². The summed E-state index contributed by atoms with van der Waals surface area (Å²) in [6, 6.07) is 20.0. The minimum absolute atomic E-state index is 0.630. The zero-order valence-corrected chi connectivity index (χ0v) is 7.89. The summed E-state index contributed by atoms with van der Waals surface area (Å²) in [7, 11) is 0.630. The summed E-state index contributed by atoms with van der Waals surface area (Å²) in [5.41, 5.74) is 1.19. The van der Waals surface area contributed by atoms with Gasteiger partial charge in [-0.25, -0.2) is 0 Å². The molecule has 1 nitrogen and oxygen atoms in total. The van der Waals surface area contributed by atoms with E-state index in [9.17, 15) is 0 Å². The number of para-hydroxylation sites is 1. The first-order valence-corrected chi connectivity index (χ1v) is 4.67. The van der Waals surface area contributed by atoms with Crippen LogP contribution in [0.25, 0.3) is 0 Å². The summed E-state index contributed by atoms with van der Waals surface area (Å²) in [4.78, 5) is 0. The van der Waals surface area contributed by atoms with Crippen LogP contribution in [0.4, 0.5) is 0 Å². The molecule has 0 bridgehead atoms. The minimum Gasteiger partial charge on any atom is -0.559 e. The highest BCUT2D eigenvalue weighted by molar-refractivity contribution is 6.47. The molecule has 0 aromatic heterocycles. The van der Waals surface area contributed by atoms with E-state index in [0.29, 0.717) is 7.48 Å². The van der Waals surface area contributed by atoms with Crippen molar-refractivity contribution in [1.82, 2.24) is 0 Å². The number of rotatable bonds is 3. The van der Waals surface area contributed by atoms with Crippen LogP contribution >= 0.6 is 0 Å². The molecule has 2 heteroatoms. The van der Waals surface area contributed by atoms with Gasteiger partial charge in [-0.05, 0) is 17.6 Å². The Labute approximate surface area is 84.6 Å². The SMILES string of the molecule is B(Oc1ccccc1)c1ccccc1. The first-order chi connectivity index (χ1) is 6.95. The first kappa shape index (κ1) is 8.88. The predicted molar refractivity (Wildman–Crippen MR) is 60.3 cm³/mol. The lowest BCUT2D eigenvalue weighted by Gasteiger charge is -2.03. The van der Waals surface area contributed by atoms with Crippen molar-refractivity contribution in [3.8, 4) is 5.75 Å². The maximum atomic E-state index is 5.59. The Kier molecular flexibility index (Phi) is 2.87. The maximum Gasteiger partial charge on any atom is 0.373 e. The van der Waals surface area contributed by atoms with Crippen LogP contribution < -0.4 is 10.1 Å². The van der Waals surface area contributed by atoms with Crippen molar-refractivity contribution < 1.29 is 4.65 Å². The van der Waals surface area contributed by atoms with Gasteiger partial charge in [-0.15, -0.1) is 0 Å². The van der Waals surface area contributed by atoms with Gasteiger partial charge in [-0.2, -0.15) is 0 Å². The monoisotopic (exact) mass is 182 g/mol. The van der Waals surface area contributed by atoms with Gasteiger partial charge in [0.15, 0.2) is 0 Å². The largest absolute Gasteiger partial charge is 0.559 e. The minimum atomic E-state index is 0.630. The predicted octanol–water partition coefficient (Wildman–Crippen LogP) is 1.74. The molecule has 0 atom stereocenters. The molecule has 0 saturated carbocycles. The van der Waals surface area contributed by atoms with Crippen molar-refractivity contribution in [2.75, 3.05) is 0 Å². The fraction of sp³-hybridized carbons (Fsp3) is 0. The molecule has 2 rings (SSSR count). The van der Waals surface area contributed by atoms with E-state index in [1.54, 1.807) is 0 Å². The highest BCUT2D eigenvalue weighted by Crippen LogP contribution is 2.06. The molecule has 0 fully saturated rings. The van der Waals surface area contributed by atoms with Crippen LogP contribution in [-0.2, 0) is 0 Å². The second-order valence-electron chi connectivity index (χ2n) is 3.09. The van der Waals surface area contributed by atoms with Crippen molar-refractivity contribution in [3.05, 3.63) is 60.7 Å². The summed E-state index contributed by atoms with van der Waals surface area (Å²) in [6.45, 7) is 0. The Hall–Kier alpha value is -1.70. The normalized spacial score (nSPS) is 9.43. The molecule has 0 aliphatic heterocycles. The van der Waals surface area contributed by atoms with Crippen LogP contribution in [-0.4, -0.2) is 7.48 Å². The Morgan fingerprint density at radius 1 is 0.714 bits per heavy atom. The van der Waals surface area contributed by atoms with E-state index in [2.05, 4.69) is 12.1 Å². The van der Waals surface area contributed by atoms with E-state index < -0.39 is 0 Å². The van der Waals surface area contributed by atoms with Crippen molar-refractivity contribution >= 4 is 12.9 Å². The smallest absolute Gasteiger partial charge is 0.373 e. The van der Waals surface area contributed by atoms with E-state index in [1.807, 2.05) is 48.5 Å². The first-order valence-electron chi connectivity index (χ1n) is 4.67.